The number of halogens is 1. The van der Waals surface area contributed by atoms with Crippen molar-refractivity contribution in [3.05, 3.63) is 112 Å². The molecule has 5 rings (SSSR count). The van der Waals surface area contributed by atoms with Gasteiger partial charge in [0.05, 0.1) is 30.1 Å². The van der Waals surface area contributed by atoms with Crippen LogP contribution in [0.4, 0.5) is 16.4 Å². The number of piperidine rings is 1. The number of carbonyl (C=O) groups excluding carboxylic acids is 4. The number of ketones is 2. The maximum Gasteiger partial charge on any atom is 0.411 e. The molecule has 1 aliphatic rings. The summed E-state index contributed by atoms with van der Waals surface area (Å²) in [6.07, 6.45) is 3.28. The lowest BCUT2D eigenvalue weighted by Crippen LogP contribution is -2.32. The summed E-state index contributed by atoms with van der Waals surface area (Å²) in [4.78, 5) is 54.6. The number of amides is 2. The summed E-state index contributed by atoms with van der Waals surface area (Å²) in [7, 11) is 0. The number of benzene rings is 3. The molecule has 292 valence electrons. The largest absolute Gasteiger partial charge is 0.492 e. The molecule has 0 aliphatic carbocycles. The highest BCUT2D eigenvalue weighted by Crippen LogP contribution is 2.36. The fraction of sp³-hybridized carbons (Fsp3) is 0.357. The van der Waals surface area contributed by atoms with Crippen LogP contribution in [0.5, 0.6) is 11.5 Å². The summed E-state index contributed by atoms with van der Waals surface area (Å²) in [5, 5.41) is 5.77. The molecule has 0 bridgehead atoms. The number of imidazole rings is 1. The van der Waals surface area contributed by atoms with Crippen LogP contribution in [0.2, 0.25) is 5.02 Å². The van der Waals surface area contributed by atoms with E-state index in [1.165, 1.54) is 13.0 Å². The zero-order chi connectivity index (χ0) is 40.3. The SMILES string of the molecule is C=C1CCC(C)C(=O)N1.CC(=O)c1cc(NC(=O)OCCCOc2ccc(C(C)(C)c3ccc(OCc4cnc(N)[nH]4)cc3)cc2Cl)ccc1C(=O)C(C)C. The van der Waals surface area contributed by atoms with E-state index >= 15 is 0 Å². The molecule has 1 aromatic heterocycles. The van der Waals surface area contributed by atoms with Crippen molar-refractivity contribution in [2.75, 3.05) is 24.3 Å². The van der Waals surface area contributed by atoms with E-state index in [9.17, 15) is 19.2 Å². The van der Waals surface area contributed by atoms with Crippen LogP contribution in [0, 0.1) is 11.8 Å². The van der Waals surface area contributed by atoms with Gasteiger partial charge in [0.2, 0.25) is 5.91 Å². The molecule has 1 atom stereocenters. The molecular formula is C42H50ClN5O7. The van der Waals surface area contributed by atoms with E-state index in [2.05, 4.69) is 41.0 Å². The third-order valence-corrected chi connectivity index (χ3v) is 9.41. The van der Waals surface area contributed by atoms with Gasteiger partial charge in [-0.2, -0.15) is 0 Å². The molecule has 0 saturated carbocycles. The first-order valence-corrected chi connectivity index (χ1v) is 18.5. The number of rotatable bonds is 14. The maximum atomic E-state index is 12.4. The number of aromatic nitrogens is 2. The Morgan fingerprint density at radius 2 is 1.73 bits per heavy atom. The number of allylic oxidation sites excluding steroid dienone is 1. The average Bonchev–Trinajstić information content (AvgIpc) is 3.57. The van der Waals surface area contributed by atoms with Gasteiger partial charge in [0.25, 0.3) is 0 Å². The average molecular weight is 772 g/mol. The molecule has 13 heteroatoms. The molecule has 0 spiro atoms. The minimum absolute atomic E-state index is 0.105. The Hall–Kier alpha value is -5.62. The number of hydrogen-bond donors (Lipinski definition) is 4. The van der Waals surface area contributed by atoms with E-state index in [0.29, 0.717) is 41.0 Å². The molecular weight excluding hydrogens is 722 g/mol. The lowest BCUT2D eigenvalue weighted by Gasteiger charge is -2.27. The van der Waals surface area contributed by atoms with E-state index in [0.717, 1.165) is 41.1 Å². The number of Topliss-reactive ketones (excluding diaryl/α,β-unsaturated/α-hetero) is 2. The number of aromatic amines is 1. The standard InChI is InChI=1S/C35H39ClN4O6.C7H11NO/c1-21(2)32(42)28-13-10-25(18-29(28)22(3)41)40-34(43)45-16-6-15-44-31-14-9-24(17-30(31)36)35(4,5)23-7-11-27(12-8-23)46-20-26-19-38-33(37)39-26;1-5-3-4-6(2)8-7(5)9/h7-14,17-19,21H,6,15-16,20H2,1-5H3,(H,40,43)(H3,37,38,39);5H,2-4H2,1H3,(H,8,9). The number of ether oxygens (including phenoxy) is 3. The van der Waals surface area contributed by atoms with E-state index in [4.69, 9.17) is 31.5 Å². The van der Waals surface area contributed by atoms with Crippen molar-refractivity contribution in [2.24, 2.45) is 11.8 Å². The van der Waals surface area contributed by atoms with Gasteiger partial charge < -0.3 is 30.2 Å². The number of hydrogen-bond acceptors (Lipinski definition) is 9. The van der Waals surface area contributed by atoms with Gasteiger partial charge in [-0.25, -0.2) is 9.78 Å². The number of anilines is 2. The van der Waals surface area contributed by atoms with Crippen molar-refractivity contribution < 1.29 is 33.4 Å². The molecule has 2 heterocycles. The minimum atomic E-state index is -0.676. The smallest absolute Gasteiger partial charge is 0.411 e. The lowest BCUT2D eigenvalue weighted by atomic mass is 9.78. The third kappa shape index (κ3) is 11.9. The Labute approximate surface area is 327 Å². The van der Waals surface area contributed by atoms with Crippen molar-refractivity contribution in [2.45, 2.75) is 72.8 Å². The molecule has 4 aromatic rings. The molecule has 12 nitrogen and oxygen atoms in total. The zero-order valence-corrected chi connectivity index (χ0v) is 33.0. The van der Waals surface area contributed by atoms with Crippen LogP contribution in [0.3, 0.4) is 0 Å². The fourth-order valence-electron chi connectivity index (χ4n) is 5.63. The van der Waals surface area contributed by atoms with Gasteiger partial charge in [0.1, 0.15) is 18.1 Å². The second kappa shape index (κ2) is 19.1. The van der Waals surface area contributed by atoms with Gasteiger partial charge in [-0.15, -0.1) is 0 Å². The van der Waals surface area contributed by atoms with Crippen LogP contribution in [-0.4, -0.2) is 46.7 Å². The second-order valence-corrected chi connectivity index (χ2v) is 14.6. The number of nitrogen functional groups attached to an aromatic ring is 1. The molecule has 1 fully saturated rings. The van der Waals surface area contributed by atoms with Crippen LogP contribution < -0.4 is 25.8 Å². The Morgan fingerprint density at radius 1 is 1.02 bits per heavy atom. The van der Waals surface area contributed by atoms with Crippen LogP contribution in [0.15, 0.2) is 79.1 Å². The summed E-state index contributed by atoms with van der Waals surface area (Å²) in [5.74, 6) is 1.25. The van der Waals surface area contributed by atoms with E-state index in [1.807, 2.05) is 49.4 Å². The summed E-state index contributed by atoms with van der Waals surface area (Å²) >= 11 is 6.58. The quantitative estimate of drug-likeness (QED) is 0.0722. The number of nitrogens with two attached hydrogens (primary N) is 1. The van der Waals surface area contributed by atoms with Crippen molar-refractivity contribution in [1.29, 1.82) is 0 Å². The van der Waals surface area contributed by atoms with Crippen LogP contribution in [-0.2, 0) is 21.6 Å². The molecule has 2 amide bonds. The first-order chi connectivity index (χ1) is 26.0. The molecule has 1 unspecified atom stereocenters. The predicted molar refractivity (Wildman–Crippen MR) is 214 cm³/mol. The summed E-state index contributed by atoms with van der Waals surface area (Å²) in [6, 6.07) is 18.2. The van der Waals surface area contributed by atoms with Crippen molar-refractivity contribution in [3.8, 4) is 11.5 Å². The number of nitrogens with one attached hydrogen (secondary N) is 3. The number of nitrogens with zero attached hydrogens (tertiary/aromatic N) is 1. The van der Waals surface area contributed by atoms with E-state index < -0.39 is 6.09 Å². The van der Waals surface area contributed by atoms with Crippen LogP contribution >= 0.6 is 11.6 Å². The first-order valence-electron chi connectivity index (χ1n) is 18.1. The Kier molecular flexibility index (Phi) is 14.6. The van der Waals surface area contributed by atoms with Gasteiger partial charge in [0, 0.05) is 46.2 Å². The Bertz CT molecular complexity index is 2010. The Morgan fingerprint density at radius 3 is 2.33 bits per heavy atom. The summed E-state index contributed by atoms with van der Waals surface area (Å²) in [5.41, 5.74) is 9.98. The molecule has 0 radical (unpaired) electrons. The van der Waals surface area contributed by atoms with Crippen molar-refractivity contribution in [1.82, 2.24) is 15.3 Å². The normalized spacial score (nSPS) is 14.0. The van der Waals surface area contributed by atoms with Crippen LogP contribution in [0.1, 0.15) is 98.3 Å². The van der Waals surface area contributed by atoms with E-state index in [1.54, 1.807) is 32.2 Å². The van der Waals surface area contributed by atoms with Gasteiger partial charge in [-0.3, -0.25) is 19.7 Å². The highest BCUT2D eigenvalue weighted by molar-refractivity contribution is 6.32. The Balaban J connectivity index is 0.000000654. The van der Waals surface area contributed by atoms with Crippen molar-refractivity contribution in [3.63, 3.8) is 0 Å². The van der Waals surface area contributed by atoms with Gasteiger partial charge in [-0.05, 0) is 73.4 Å². The number of H-pyrrole nitrogens is 1. The molecule has 1 saturated heterocycles. The third-order valence-electron chi connectivity index (χ3n) is 9.11. The van der Waals surface area contributed by atoms with E-state index in [-0.39, 0.29) is 53.5 Å². The summed E-state index contributed by atoms with van der Waals surface area (Å²) < 4.78 is 16.9. The molecule has 55 heavy (non-hydrogen) atoms. The number of carbonyl (C=O) groups is 4. The topological polar surface area (TPSA) is 175 Å². The lowest BCUT2D eigenvalue weighted by molar-refractivity contribution is -0.124. The van der Waals surface area contributed by atoms with Gasteiger partial charge in [-0.1, -0.05) is 71.0 Å². The summed E-state index contributed by atoms with van der Waals surface area (Å²) in [6.45, 7) is 15.5. The second-order valence-electron chi connectivity index (χ2n) is 14.2. The minimum Gasteiger partial charge on any atom is -0.492 e. The van der Waals surface area contributed by atoms with Crippen LogP contribution in [0.25, 0.3) is 0 Å². The monoisotopic (exact) mass is 771 g/mol. The molecule has 3 aromatic carbocycles. The van der Waals surface area contributed by atoms with Gasteiger partial charge >= 0.3 is 6.09 Å². The zero-order valence-electron chi connectivity index (χ0n) is 32.2. The maximum absolute atomic E-state index is 12.4. The molecule has 1 aliphatic heterocycles. The fourth-order valence-corrected chi connectivity index (χ4v) is 5.87. The van der Waals surface area contributed by atoms with Crippen molar-refractivity contribution >= 4 is 46.8 Å². The molecule has 5 N–H and O–H groups in total. The highest BCUT2D eigenvalue weighted by atomic mass is 35.5. The predicted octanol–water partition coefficient (Wildman–Crippen LogP) is 8.66. The highest BCUT2D eigenvalue weighted by Gasteiger charge is 2.25. The van der Waals surface area contributed by atoms with Gasteiger partial charge in [0.15, 0.2) is 17.5 Å². The first kappa shape index (κ1) is 42.1.